The third-order valence-electron chi connectivity index (χ3n) is 5.63. The molecule has 0 spiro atoms. The maximum atomic E-state index is 12.4. The predicted octanol–water partition coefficient (Wildman–Crippen LogP) is 1.05. The number of likely N-dealkylation sites (tertiary alicyclic amines) is 1. The third kappa shape index (κ3) is 2.58. The van der Waals surface area contributed by atoms with Gasteiger partial charge in [-0.25, -0.2) is 4.68 Å². The Hall–Kier alpha value is -3.73. The van der Waals surface area contributed by atoms with Gasteiger partial charge in [-0.2, -0.15) is 10.2 Å². The van der Waals surface area contributed by atoms with Gasteiger partial charge in [0.05, 0.1) is 16.8 Å². The molecule has 0 radical (unpaired) electrons. The lowest BCUT2D eigenvalue weighted by atomic mass is 10.1. The SMILES string of the molecule is Cc1cc2c(C(N)=O)nn(-c3cccc(C#CC45CC4CN(C)C5=O)c3)c2nn1. The van der Waals surface area contributed by atoms with Gasteiger partial charge < -0.3 is 10.6 Å². The van der Waals surface area contributed by atoms with E-state index in [0.717, 1.165) is 18.5 Å². The summed E-state index contributed by atoms with van der Waals surface area (Å²) in [4.78, 5) is 25.9. The van der Waals surface area contributed by atoms with Gasteiger partial charge >= 0.3 is 0 Å². The van der Waals surface area contributed by atoms with Gasteiger partial charge in [-0.3, -0.25) is 9.59 Å². The molecule has 1 saturated heterocycles. The van der Waals surface area contributed by atoms with Crippen molar-refractivity contribution in [2.24, 2.45) is 17.1 Å². The van der Waals surface area contributed by atoms with Gasteiger partial charge in [0.1, 0.15) is 5.41 Å². The minimum absolute atomic E-state index is 0.112. The highest BCUT2D eigenvalue weighted by molar-refractivity contribution is 6.03. The second-order valence-corrected chi connectivity index (χ2v) is 7.71. The van der Waals surface area contributed by atoms with Gasteiger partial charge in [-0.05, 0) is 37.6 Å². The summed E-state index contributed by atoms with van der Waals surface area (Å²) in [6, 6.07) is 9.16. The van der Waals surface area contributed by atoms with Gasteiger partial charge in [0.2, 0.25) is 5.91 Å². The van der Waals surface area contributed by atoms with Gasteiger partial charge in [0.15, 0.2) is 11.3 Å². The summed E-state index contributed by atoms with van der Waals surface area (Å²) in [6.45, 7) is 2.57. The lowest BCUT2D eigenvalue weighted by Gasteiger charge is -2.11. The smallest absolute Gasteiger partial charge is 0.269 e. The fraction of sp³-hybridized carbons (Fsp3) is 0.286. The zero-order valence-corrected chi connectivity index (χ0v) is 16.0. The molecule has 2 aliphatic rings. The first kappa shape index (κ1) is 17.4. The Labute approximate surface area is 166 Å². The molecule has 1 aliphatic heterocycles. The van der Waals surface area contributed by atoms with Crippen molar-refractivity contribution in [3.63, 3.8) is 0 Å². The molecule has 1 saturated carbocycles. The van der Waals surface area contributed by atoms with Crippen molar-refractivity contribution in [1.29, 1.82) is 0 Å². The number of amides is 2. The van der Waals surface area contributed by atoms with Crippen molar-refractivity contribution in [3.8, 4) is 17.5 Å². The number of aromatic nitrogens is 4. The van der Waals surface area contributed by atoms with Crippen molar-refractivity contribution in [2.75, 3.05) is 13.6 Å². The van der Waals surface area contributed by atoms with Crippen LogP contribution < -0.4 is 5.73 Å². The molecule has 2 fully saturated rings. The van der Waals surface area contributed by atoms with Crippen LogP contribution in [0.25, 0.3) is 16.7 Å². The average molecular weight is 386 g/mol. The molecule has 8 nitrogen and oxygen atoms in total. The molecule has 1 aromatic carbocycles. The average Bonchev–Trinajstić information content (AvgIpc) is 3.17. The highest BCUT2D eigenvalue weighted by atomic mass is 16.2. The minimum atomic E-state index is -0.625. The molecule has 3 aromatic rings. The molecule has 2 unspecified atom stereocenters. The lowest BCUT2D eigenvalue weighted by Crippen LogP contribution is -2.27. The van der Waals surface area contributed by atoms with Crippen LogP contribution in [0.3, 0.4) is 0 Å². The van der Waals surface area contributed by atoms with Gasteiger partial charge in [-0.1, -0.05) is 17.9 Å². The molecule has 2 amide bonds. The van der Waals surface area contributed by atoms with E-state index < -0.39 is 11.3 Å². The van der Waals surface area contributed by atoms with Crippen molar-refractivity contribution < 1.29 is 9.59 Å². The van der Waals surface area contributed by atoms with Gasteiger partial charge in [0.25, 0.3) is 5.91 Å². The van der Waals surface area contributed by atoms with E-state index >= 15 is 0 Å². The van der Waals surface area contributed by atoms with E-state index in [9.17, 15) is 9.59 Å². The summed E-state index contributed by atoms with van der Waals surface area (Å²) < 4.78 is 1.54. The van der Waals surface area contributed by atoms with Crippen molar-refractivity contribution in [2.45, 2.75) is 13.3 Å². The molecule has 1 aliphatic carbocycles. The number of aryl methyl sites for hydroxylation is 1. The quantitative estimate of drug-likeness (QED) is 0.663. The second kappa shape index (κ2) is 5.88. The largest absolute Gasteiger partial charge is 0.364 e. The molecule has 29 heavy (non-hydrogen) atoms. The van der Waals surface area contributed by atoms with Crippen LogP contribution in [0.4, 0.5) is 0 Å². The van der Waals surface area contributed by atoms with Crippen molar-refractivity contribution >= 4 is 22.8 Å². The van der Waals surface area contributed by atoms with Crippen LogP contribution in [0, 0.1) is 30.1 Å². The Morgan fingerprint density at radius 1 is 1.31 bits per heavy atom. The fourth-order valence-corrected chi connectivity index (χ4v) is 4.05. The Kier molecular flexibility index (Phi) is 3.52. The molecule has 144 valence electrons. The number of nitrogens with zero attached hydrogens (tertiary/aromatic N) is 5. The second-order valence-electron chi connectivity index (χ2n) is 7.71. The Bertz CT molecular complexity index is 1270. The van der Waals surface area contributed by atoms with E-state index in [2.05, 4.69) is 27.1 Å². The Balaban J connectivity index is 1.56. The number of hydrogen-bond acceptors (Lipinski definition) is 5. The van der Waals surface area contributed by atoms with E-state index in [1.54, 1.807) is 22.6 Å². The molecule has 3 heterocycles. The Morgan fingerprint density at radius 3 is 2.86 bits per heavy atom. The monoisotopic (exact) mass is 386 g/mol. The molecule has 2 atom stereocenters. The van der Waals surface area contributed by atoms with Gasteiger partial charge in [0, 0.05) is 25.1 Å². The van der Waals surface area contributed by atoms with Crippen LogP contribution in [-0.4, -0.2) is 50.3 Å². The lowest BCUT2D eigenvalue weighted by molar-refractivity contribution is -0.130. The van der Waals surface area contributed by atoms with E-state index in [1.165, 1.54) is 0 Å². The molecule has 0 bridgehead atoms. The number of fused-ring (bicyclic) bond motifs is 2. The molecule has 2 aromatic heterocycles. The number of primary amides is 1. The summed E-state index contributed by atoms with van der Waals surface area (Å²) in [5, 5.41) is 13.2. The zero-order chi connectivity index (χ0) is 20.3. The van der Waals surface area contributed by atoms with Crippen LogP contribution in [0.2, 0.25) is 0 Å². The normalized spacial score (nSPS) is 22.3. The highest BCUT2D eigenvalue weighted by Crippen LogP contribution is 2.57. The number of piperidine rings is 1. The summed E-state index contributed by atoms with van der Waals surface area (Å²) in [7, 11) is 1.82. The third-order valence-corrected chi connectivity index (χ3v) is 5.63. The van der Waals surface area contributed by atoms with Crippen LogP contribution in [0.5, 0.6) is 0 Å². The summed E-state index contributed by atoms with van der Waals surface area (Å²) >= 11 is 0. The minimum Gasteiger partial charge on any atom is -0.364 e. The van der Waals surface area contributed by atoms with E-state index in [4.69, 9.17) is 5.73 Å². The summed E-state index contributed by atoms with van der Waals surface area (Å²) in [6.07, 6.45) is 0.837. The Morgan fingerprint density at radius 2 is 2.14 bits per heavy atom. The van der Waals surface area contributed by atoms with Crippen LogP contribution in [-0.2, 0) is 4.79 Å². The molecule has 5 rings (SSSR count). The van der Waals surface area contributed by atoms with Crippen molar-refractivity contribution in [3.05, 3.63) is 47.3 Å². The first-order chi connectivity index (χ1) is 13.9. The zero-order valence-electron chi connectivity index (χ0n) is 16.0. The maximum Gasteiger partial charge on any atom is 0.269 e. The van der Waals surface area contributed by atoms with Crippen LogP contribution in [0.1, 0.15) is 28.2 Å². The summed E-state index contributed by atoms with van der Waals surface area (Å²) in [5.74, 6) is 6.18. The van der Waals surface area contributed by atoms with E-state index in [-0.39, 0.29) is 11.6 Å². The number of rotatable bonds is 2. The number of nitrogens with two attached hydrogens (primary N) is 1. The standard InChI is InChI=1S/C21H18N6O2/c1-12-8-16-17(18(22)28)25-27(19(16)24-23-12)15-5-3-4-13(9-15)6-7-21-10-14(21)11-26(2)20(21)29/h3-5,8-9,14H,10-11H2,1-2H3,(H2,22,28). The molecule has 2 N–H and O–H groups in total. The summed E-state index contributed by atoms with van der Waals surface area (Å²) in [5.41, 5.74) is 7.69. The number of benzene rings is 1. The first-order valence-electron chi connectivity index (χ1n) is 9.31. The van der Waals surface area contributed by atoms with Crippen LogP contribution in [0.15, 0.2) is 30.3 Å². The maximum absolute atomic E-state index is 12.4. The fourth-order valence-electron chi connectivity index (χ4n) is 4.05. The number of hydrogen-bond donors (Lipinski definition) is 1. The van der Waals surface area contributed by atoms with E-state index in [1.807, 2.05) is 31.3 Å². The molecular weight excluding hydrogens is 368 g/mol. The first-order valence-corrected chi connectivity index (χ1v) is 9.31. The highest BCUT2D eigenvalue weighted by Gasteiger charge is 2.65. The molecular formula is C21H18N6O2. The molecule has 8 heteroatoms. The number of carbonyl (C=O) groups excluding carboxylic acids is 2. The topological polar surface area (TPSA) is 107 Å². The van der Waals surface area contributed by atoms with Crippen molar-refractivity contribution in [1.82, 2.24) is 24.9 Å². The predicted molar refractivity (Wildman–Crippen MR) is 105 cm³/mol. The van der Waals surface area contributed by atoms with Crippen LogP contribution >= 0.6 is 0 Å². The number of carbonyl (C=O) groups is 2. The van der Waals surface area contributed by atoms with E-state index in [0.29, 0.717) is 28.3 Å². The van der Waals surface area contributed by atoms with Gasteiger partial charge in [-0.15, -0.1) is 5.10 Å².